The van der Waals surface area contributed by atoms with Crippen molar-refractivity contribution in [1.82, 2.24) is 19.3 Å². The van der Waals surface area contributed by atoms with Crippen LogP contribution in [0.15, 0.2) is 55.2 Å². The van der Waals surface area contributed by atoms with Crippen molar-refractivity contribution in [2.24, 2.45) is 5.73 Å². The summed E-state index contributed by atoms with van der Waals surface area (Å²) >= 11 is 0. The third-order valence-electron chi connectivity index (χ3n) is 3.57. The summed E-state index contributed by atoms with van der Waals surface area (Å²) in [6, 6.07) is 10.2. The molecule has 2 aromatic heterocycles. The van der Waals surface area contributed by atoms with E-state index in [4.69, 9.17) is 5.73 Å². The van der Waals surface area contributed by atoms with Crippen molar-refractivity contribution >= 4 is 0 Å². The smallest absolute Gasteiger partial charge is 0.0995 e. The first-order valence-corrected chi connectivity index (χ1v) is 7.12. The molecule has 0 aliphatic carbocycles. The van der Waals surface area contributed by atoms with Crippen LogP contribution in [0.5, 0.6) is 0 Å². The molecule has 0 aliphatic heterocycles. The molecule has 3 rings (SSSR count). The van der Waals surface area contributed by atoms with Crippen LogP contribution in [0.2, 0.25) is 0 Å². The Bertz CT molecular complexity index is 698. The summed E-state index contributed by atoms with van der Waals surface area (Å²) in [4.78, 5) is 4.24. The van der Waals surface area contributed by atoms with Gasteiger partial charge in [0.1, 0.15) is 0 Å². The number of benzene rings is 1. The number of rotatable bonds is 5. The van der Waals surface area contributed by atoms with E-state index in [0.29, 0.717) is 0 Å². The van der Waals surface area contributed by atoms with Crippen LogP contribution in [0.25, 0.3) is 5.69 Å². The van der Waals surface area contributed by atoms with E-state index in [0.717, 1.165) is 24.3 Å². The van der Waals surface area contributed by atoms with Crippen molar-refractivity contribution in [2.75, 3.05) is 0 Å². The Morgan fingerprint density at radius 3 is 2.71 bits per heavy atom. The second-order valence-electron chi connectivity index (χ2n) is 5.04. The first-order chi connectivity index (χ1) is 10.3. The summed E-state index contributed by atoms with van der Waals surface area (Å²) < 4.78 is 3.90. The fourth-order valence-corrected chi connectivity index (χ4v) is 2.42. The molecule has 0 radical (unpaired) electrons. The van der Waals surface area contributed by atoms with E-state index in [1.165, 1.54) is 5.56 Å². The average Bonchev–Trinajstić information content (AvgIpc) is 3.16. The van der Waals surface area contributed by atoms with Crippen LogP contribution in [0, 0.1) is 0 Å². The molecule has 5 nitrogen and oxygen atoms in total. The first-order valence-electron chi connectivity index (χ1n) is 7.12. The zero-order valence-corrected chi connectivity index (χ0v) is 12.1. The molecule has 0 unspecified atom stereocenters. The fraction of sp³-hybridized carbons (Fsp3) is 0.250. The lowest BCUT2D eigenvalue weighted by Gasteiger charge is -2.13. The number of nitrogens with zero attached hydrogens (tertiary/aromatic N) is 4. The van der Waals surface area contributed by atoms with Crippen LogP contribution in [-0.2, 0) is 13.0 Å². The maximum absolute atomic E-state index is 6.36. The van der Waals surface area contributed by atoms with Gasteiger partial charge in [0, 0.05) is 12.7 Å². The number of hydrogen-bond donors (Lipinski definition) is 1. The molecule has 0 amide bonds. The summed E-state index contributed by atoms with van der Waals surface area (Å²) in [6.07, 6.45) is 8.24. The molecule has 0 saturated carbocycles. The van der Waals surface area contributed by atoms with Gasteiger partial charge in [-0.05, 0) is 18.9 Å². The zero-order valence-electron chi connectivity index (χ0n) is 12.1. The van der Waals surface area contributed by atoms with Crippen LogP contribution < -0.4 is 5.73 Å². The lowest BCUT2D eigenvalue weighted by atomic mass is 10.0. The van der Waals surface area contributed by atoms with E-state index in [9.17, 15) is 0 Å². The van der Waals surface area contributed by atoms with E-state index in [2.05, 4.69) is 29.1 Å². The number of aromatic nitrogens is 4. The Kier molecular flexibility index (Phi) is 3.83. The van der Waals surface area contributed by atoms with Crippen LogP contribution in [0.4, 0.5) is 0 Å². The van der Waals surface area contributed by atoms with Crippen molar-refractivity contribution in [1.29, 1.82) is 0 Å². The third kappa shape index (κ3) is 2.87. The van der Waals surface area contributed by atoms with Crippen LogP contribution in [0.1, 0.15) is 24.2 Å². The highest BCUT2D eigenvalue weighted by Crippen LogP contribution is 2.19. The summed E-state index contributed by atoms with van der Waals surface area (Å²) in [7, 11) is 0. The summed E-state index contributed by atoms with van der Waals surface area (Å²) in [5, 5.41) is 4.30. The third-order valence-corrected chi connectivity index (χ3v) is 3.57. The zero-order chi connectivity index (χ0) is 14.7. The largest absolute Gasteiger partial charge is 0.322 e. The number of imidazole rings is 1. The van der Waals surface area contributed by atoms with Crippen molar-refractivity contribution in [3.63, 3.8) is 0 Å². The van der Waals surface area contributed by atoms with Gasteiger partial charge in [-0.15, -0.1) is 0 Å². The van der Waals surface area contributed by atoms with Gasteiger partial charge in [-0.25, -0.2) is 4.98 Å². The van der Waals surface area contributed by atoms with E-state index in [1.807, 2.05) is 46.0 Å². The van der Waals surface area contributed by atoms with Gasteiger partial charge >= 0.3 is 0 Å². The summed E-state index contributed by atoms with van der Waals surface area (Å²) in [5.41, 5.74) is 9.57. The van der Waals surface area contributed by atoms with Crippen molar-refractivity contribution in [2.45, 2.75) is 25.9 Å². The van der Waals surface area contributed by atoms with Crippen LogP contribution >= 0.6 is 0 Å². The average molecular weight is 281 g/mol. The van der Waals surface area contributed by atoms with E-state index in [1.54, 1.807) is 6.33 Å². The minimum atomic E-state index is -0.0973. The number of aryl methyl sites for hydroxylation is 1. The molecule has 21 heavy (non-hydrogen) atoms. The monoisotopic (exact) mass is 281 g/mol. The normalized spacial score (nSPS) is 12.5. The Labute approximate surface area is 124 Å². The highest BCUT2D eigenvalue weighted by atomic mass is 15.3. The van der Waals surface area contributed by atoms with Crippen molar-refractivity contribution in [3.8, 4) is 5.69 Å². The van der Waals surface area contributed by atoms with Crippen LogP contribution in [-0.4, -0.2) is 19.3 Å². The molecular weight excluding hydrogens is 262 g/mol. The molecule has 0 spiro atoms. The molecule has 5 heteroatoms. The molecule has 1 atom stereocenters. The van der Waals surface area contributed by atoms with Gasteiger partial charge in [-0.3, -0.25) is 9.25 Å². The molecule has 0 bridgehead atoms. The maximum Gasteiger partial charge on any atom is 0.0995 e. The topological polar surface area (TPSA) is 61.7 Å². The number of hydrogen-bond acceptors (Lipinski definition) is 3. The Hall–Kier alpha value is -2.40. The molecule has 3 aromatic rings. The molecule has 2 heterocycles. The van der Waals surface area contributed by atoms with Gasteiger partial charge in [-0.2, -0.15) is 5.10 Å². The number of nitrogens with two attached hydrogens (primary N) is 1. The lowest BCUT2D eigenvalue weighted by molar-refractivity contribution is 0.657. The Morgan fingerprint density at radius 2 is 2.00 bits per heavy atom. The van der Waals surface area contributed by atoms with Gasteiger partial charge in [0.15, 0.2) is 0 Å². The summed E-state index contributed by atoms with van der Waals surface area (Å²) in [5.74, 6) is 0. The van der Waals surface area contributed by atoms with E-state index >= 15 is 0 Å². The SMILES string of the molecule is CCn1cc(-n2cncc2[C@H](N)Cc2ccccc2)cn1. The molecule has 2 N–H and O–H groups in total. The molecule has 0 fully saturated rings. The molecule has 108 valence electrons. The molecular formula is C16H19N5. The summed E-state index contributed by atoms with van der Waals surface area (Å²) in [6.45, 7) is 2.91. The second-order valence-corrected chi connectivity index (χ2v) is 5.04. The predicted molar refractivity (Wildman–Crippen MR) is 82.1 cm³/mol. The molecule has 0 saturated heterocycles. The Balaban J connectivity index is 1.84. The molecule has 1 aromatic carbocycles. The predicted octanol–water partition coefficient (Wildman–Crippen LogP) is 2.33. The minimum absolute atomic E-state index is 0.0973. The van der Waals surface area contributed by atoms with Gasteiger partial charge < -0.3 is 5.73 Å². The maximum atomic E-state index is 6.36. The van der Waals surface area contributed by atoms with Gasteiger partial charge in [0.25, 0.3) is 0 Å². The van der Waals surface area contributed by atoms with Crippen LogP contribution in [0.3, 0.4) is 0 Å². The molecule has 0 aliphatic rings. The Morgan fingerprint density at radius 1 is 1.19 bits per heavy atom. The van der Waals surface area contributed by atoms with Gasteiger partial charge in [-0.1, -0.05) is 30.3 Å². The van der Waals surface area contributed by atoms with E-state index < -0.39 is 0 Å². The highest BCUT2D eigenvalue weighted by molar-refractivity contribution is 5.30. The standard InChI is InChI=1S/C16H19N5/c1-2-20-11-14(9-19-20)21-12-18-10-16(21)15(17)8-13-6-4-3-5-7-13/h3-7,9-12,15H,2,8,17H2,1H3/t15-/m1/s1. The lowest BCUT2D eigenvalue weighted by Crippen LogP contribution is -2.17. The highest BCUT2D eigenvalue weighted by Gasteiger charge is 2.14. The van der Waals surface area contributed by atoms with Crippen molar-refractivity contribution < 1.29 is 0 Å². The van der Waals surface area contributed by atoms with Crippen molar-refractivity contribution in [3.05, 3.63) is 66.5 Å². The first kappa shape index (κ1) is 13.6. The van der Waals surface area contributed by atoms with Gasteiger partial charge in [0.05, 0.1) is 36.1 Å². The minimum Gasteiger partial charge on any atom is -0.322 e. The fourth-order valence-electron chi connectivity index (χ4n) is 2.42. The van der Waals surface area contributed by atoms with Gasteiger partial charge in [0.2, 0.25) is 0 Å². The quantitative estimate of drug-likeness (QED) is 0.780. The second kappa shape index (κ2) is 5.93. The van der Waals surface area contributed by atoms with E-state index in [-0.39, 0.29) is 6.04 Å².